The molecule has 1 N–H and O–H groups in total. The molecule has 0 radical (unpaired) electrons. The Morgan fingerprint density at radius 2 is 2.00 bits per heavy atom. The summed E-state index contributed by atoms with van der Waals surface area (Å²) in [5.74, 6) is 0.282. The predicted molar refractivity (Wildman–Crippen MR) is 66.3 cm³/mol. The Bertz CT molecular complexity index is 572. The van der Waals surface area contributed by atoms with Gasteiger partial charge in [-0.2, -0.15) is 0 Å². The zero-order valence-electron chi connectivity index (χ0n) is 10.2. The first kappa shape index (κ1) is 12.8. The van der Waals surface area contributed by atoms with Crippen LogP contribution in [-0.2, 0) is 6.61 Å². The number of rotatable bonds is 5. The van der Waals surface area contributed by atoms with Gasteiger partial charge in [-0.05, 0) is 24.3 Å². The molecule has 0 fully saturated rings. The fourth-order valence-corrected chi connectivity index (χ4v) is 1.47. The number of hydrogen-bond donors (Lipinski definition) is 1. The van der Waals surface area contributed by atoms with Crippen molar-refractivity contribution in [2.75, 3.05) is 7.11 Å². The second kappa shape index (κ2) is 5.81. The molecule has 6 nitrogen and oxygen atoms in total. The Labute approximate surface area is 109 Å². The monoisotopic (exact) mass is 260 g/mol. The number of methoxy groups -OCH3 is 1. The average molecular weight is 260 g/mol. The van der Waals surface area contributed by atoms with E-state index >= 15 is 0 Å². The Hall–Kier alpha value is -2.63. The number of carbonyl (C=O) groups is 1. The second-order valence-electron chi connectivity index (χ2n) is 3.62. The van der Waals surface area contributed by atoms with Crippen molar-refractivity contribution in [2.24, 2.45) is 0 Å². The number of benzene rings is 1. The van der Waals surface area contributed by atoms with Crippen LogP contribution < -0.4 is 9.47 Å². The summed E-state index contributed by atoms with van der Waals surface area (Å²) in [4.78, 5) is 18.9. The second-order valence-corrected chi connectivity index (χ2v) is 3.62. The highest BCUT2D eigenvalue weighted by Gasteiger charge is 2.10. The van der Waals surface area contributed by atoms with E-state index in [2.05, 4.69) is 9.97 Å². The summed E-state index contributed by atoms with van der Waals surface area (Å²) in [5, 5.41) is 8.94. The van der Waals surface area contributed by atoms with Gasteiger partial charge in [-0.3, -0.25) is 0 Å². The average Bonchev–Trinajstić information content (AvgIpc) is 2.45. The SMILES string of the molecule is COc1ccc(C(=O)O)cc1OCc1ncccn1. The van der Waals surface area contributed by atoms with Gasteiger partial charge in [0, 0.05) is 12.4 Å². The van der Waals surface area contributed by atoms with Crippen molar-refractivity contribution in [3.63, 3.8) is 0 Å². The third-order valence-electron chi connectivity index (χ3n) is 2.39. The van der Waals surface area contributed by atoms with Crippen LogP contribution in [0.25, 0.3) is 0 Å². The molecule has 1 heterocycles. The molecule has 1 aromatic carbocycles. The van der Waals surface area contributed by atoms with E-state index in [9.17, 15) is 4.79 Å². The summed E-state index contributed by atoms with van der Waals surface area (Å²) < 4.78 is 10.6. The maximum atomic E-state index is 10.9. The zero-order chi connectivity index (χ0) is 13.7. The van der Waals surface area contributed by atoms with Crippen LogP contribution in [0, 0.1) is 0 Å². The van der Waals surface area contributed by atoms with Gasteiger partial charge in [0.1, 0.15) is 6.61 Å². The van der Waals surface area contributed by atoms with E-state index in [0.29, 0.717) is 17.3 Å². The van der Waals surface area contributed by atoms with Crippen molar-refractivity contribution in [1.29, 1.82) is 0 Å². The smallest absolute Gasteiger partial charge is 0.335 e. The van der Waals surface area contributed by atoms with E-state index in [1.54, 1.807) is 24.5 Å². The highest BCUT2D eigenvalue weighted by Crippen LogP contribution is 2.28. The number of hydrogen-bond acceptors (Lipinski definition) is 5. The fourth-order valence-electron chi connectivity index (χ4n) is 1.47. The third kappa shape index (κ3) is 3.19. The highest BCUT2D eigenvalue weighted by atomic mass is 16.5. The molecule has 0 saturated heterocycles. The molecule has 1 aromatic heterocycles. The first-order valence-corrected chi connectivity index (χ1v) is 5.50. The van der Waals surface area contributed by atoms with E-state index in [1.807, 2.05) is 0 Å². The predicted octanol–water partition coefficient (Wildman–Crippen LogP) is 1.76. The molecular weight excluding hydrogens is 248 g/mol. The number of nitrogens with zero attached hydrogens (tertiary/aromatic N) is 2. The van der Waals surface area contributed by atoms with Crippen molar-refractivity contribution in [3.05, 3.63) is 48.0 Å². The molecule has 0 unspecified atom stereocenters. The van der Waals surface area contributed by atoms with Crippen LogP contribution in [0.15, 0.2) is 36.7 Å². The van der Waals surface area contributed by atoms with E-state index in [1.165, 1.54) is 19.2 Å². The van der Waals surface area contributed by atoms with Crippen LogP contribution in [0.5, 0.6) is 11.5 Å². The quantitative estimate of drug-likeness (QED) is 0.882. The summed E-state index contributed by atoms with van der Waals surface area (Å²) in [6.45, 7) is 0.139. The lowest BCUT2D eigenvalue weighted by atomic mass is 10.2. The van der Waals surface area contributed by atoms with Crippen LogP contribution in [-0.4, -0.2) is 28.2 Å². The maximum absolute atomic E-state index is 10.9. The van der Waals surface area contributed by atoms with E-state index in [-0.39, 0.29) is 12.2 Å². The van der Waals surface area contributed by atoms with Crippen LogP contribution in [0.4, 0.5) is 0 Å². The van der Waals surface area contributed by atoms with Gasteiger partial charge in [-0.15, -0.1) is 0 Å². The number of carboxylic acids is 1. The molecule has 2 aromatic rings. The van der Waals surface area contributed by atoms with Crippen LogP contribution >= 0.6 is 0 Å². The molecule has 2 rings (SSSR count). The van der Waals surface area contributed by atoms with Gasteiger partial charge in [0.15, 0.2) is 17.3 Å². The molecule has 0 spiro atoms. The molecule has 98 valence electrons. The molecular formula is C13H12N2O4. The zero-order valence-corrected chi connectivity index (χ0v) is 10.2. The van der Waals surface area contributed by atoms with Crippen LogP contribution in [0.3, 0.4) is 0 Å². The fraction of sp³-hybridized carbons (Fsp3) is 0.154. The number of ether oxygens (including phenoxy) is 2. The lowest BCUT2D eigenvalue weighted by molar-refractivity contribution is 0.0696. The van der Waals surface area contributed by atoms with Gasteiger partial charge in [0.05, 0.1) is 12.7 Å². The van der Waals surface area contributed by atoms with Gasteiger partial charge in [-0.25, -0.2) is 14.8 Å². The minimum absolute atomic E-state index is 0.129. The van der Waals surface area contributed by atoms with E-state index < -0.39 is 5.97 Å². The van der Waals surface area contributed by atoms with Gasteiger partial charge in [0.2, 0.25) is 0 Å². The highest BCUT2D eigenvalue weighted by molar-refractivity contribution is 5.88. The lowest BCUT2D eigenvalue weighted by Crippen LogP contribution is -2.03. The van der Waals surface area contributed by atoms with Gasteiger partial charge < -0.3 is 14.6 Å². The summed E-state index contributed by atoms with van der Waals surface area (Å²) in [6.07, 6.45) is 3.22. The Balaban J connectivity index is 2.18. The number of aromatic nitrogens is 2. The molecule has 0 amide bonds. The van der Waals surface area contributed by atoms with Gasteiger partial charge >= 0.3 is 5.97 Å². The summed E-state index contributed by atoms with van der Waals surface area (Å²) in [5.41, 5.74) is 0.129. The maximum Gasteiger partial charge on any atom is 0.335 e. The van der Waals surface area contributed by atoms with Gasteiger partial charge in [-0.1, -0.05) is 0 Å². The Morgan fingerprint density at radius 1 is 1.26 bits per heavy atom. The van der Waals surface area contributed by atoms with Crippen molar-refractivity contribution in [1.82, 2.24) is 9.97 Å². The van der Waals surface area contributed by atoms with Crippen molar-refractivity contribution in [3.8, 4) is 11.5 Å². The lowest BCUT2D eigenvalue weighted by Gasteiger charge is -2.10. The molecule has 0 atom stereocenters. The van der Waals surface area contributed by atoms with Crippen LogP contribution in [0.2, 0.25) is 0 Å². The minimum Gasteiger partial charge on any atom is -0.493 e. The molecule has 0 aliphatic rings. The summed E-state index contributed by atoms with van der Waals surface area (Å²) >= 11 is 0. The normalized spacial score (nSPS) is 9.95. The summed E-state index contributed by atoms with van der Waals surface area (Å²) in [7, 11) is 1.49. The van der Waals surface area contributed by atoms with Crippen molar-refractivity contribution in [2.45, 2.75) is 6.61 Å². The minimum atomic E-state index is -1.02. The van der Waals surface area contributed by atoms with E-state index in [0.717, 1.165) is 0 Å². The largest absolute Gasteiger partial charge is 0.493 e. The van der Waals surface area contributed by atoms with Crippen LogP contribution in [0.1, 0.15) is 16.2 Å². The first-order chi connectivity index (χ1) is 9.20. The van der Waals surface area contributed by atoms with Gasteiger partial charge in [0.25, 0.3) is 0 Å². The Kier molecular flexibility index (Phi) is 3.92. The molecule has 6 heteroatoms. The van der Waals surface area contributed by atoms with Crippen molar-refractivity contribution < 1.29 is 19.4 Å². The molecule has 0 saturated carbocycles. The molecule has 0 aliphatic carbocycles. The number of aromatic carboxylic acids is 1. The molecule has 0 bridgehead atoms. The molecule has 0 aliphatic heterocycles. The number of carboxylic acid groups (broad SMARTS) is 1. The van der Waals surface area contributed by atoms with Crippen molar-refractivity contribution >= 4 is 5.97 Å². The topological polar surface area (TPSA) is 81.5 Å². The van der Waals surface area contributed by atoms with E-state index in [4.69, 9.17) is 14.6 Å². The Morgan fingerprint density at radius 3 is 2.63 bits per heavy atom. The summed E-state index contributed by atoms with van der Waals surface area (Å²) in [6, 6.07) is 6.11. The first-order valence-electron chi connectivity index (χ1n) is 5.50. The molecule has 19 heavy (non-hydrogen) atoms. The third-order valence-corrected chi connectivity index (χ3v) is 2.39. The standard InChI is InChI=1S/C13H12N2O4/c1-18-10-4-3-9(13(16)17)7-11(10)19-8-12-14-5-2-6-15-12/h2-7H,8H2,1H3,(H,16,17).